The van der Waals surface area contributed by atoms with E-state index < -0.39 is 0 Å². The van der Waals surface area contributed by atoms with E-state index in [-0.39, 0.29) is 18.8 Å². The van der Waals surface area contributed by atoms with Crippen LogP contribution in [0.4, 0.5) is 0 Å². The Hall–Kier alpha value is -0.520. The molecule has 0 unspecified atom stereocenters. The van der Waals surface area contributed by atoms with E-state index in [2.05, 4.69) is 18.8 Å². The quantitative estimate of drug-likeness (QED) is 0.555. The normalized spacial score (nSPS) is 24.1. The van der Waals surface area contributed by atoms with Gasteiger partial charge in [-0.1, -0.05) is 26.2 Å². The van der Waals surface area contributed by atoms with Gasteiger partial charge in [0.25, 0.3) is 0 Å². The van der Waals surface area contributed by atoms with Crippen molar-refractivity contribution in [3.8, 4) is 11.8 Å². The smallest absolute Gasteiger partial charge is 0.0810 e. The first-order valence-electron chi connectivity index (χ1n) is 6.58. The third kappa shape index (κ3) is 5.53. The summed E-state index contributed by atoms with van der Waals surface area (Å²) in [7, 11) is 0. The minimum Gasteiger partial charge on any atom is -0.394 e. The predicted molar refractivity (Wildman–Crippen MR) is 66.1 cm³/mol. The average Bonchev–Trinajstić information content (AvgIpc) is 2.76. The van der Waals surface area contributed by atoms with Crippen LogP contribution in [0.2, 0.25) is 0 Å². The summed E-state index contributed by atoms with van der Waals surface area (Å²) in [6, 6.07) is 0. The molecule has 1 fully saturated rings. The second-order valence-corrected chi connectivity index (χ2v) is 4.51. The number of aliphatic hydroxyl groups is 1. The molecule has 0 aromatic rings. The van der Waals surface area contributed by atoms with Crippen LogP contribution >= 0.6 is 0 Å². The zero-order chi connectivity index (χ0) is 11.6. The van der Waals surface area contributed by atoms with Crippen LogP contribution in [0.1, 0.15) is 58.3 Å². The van der Waals surface area contributed by atoms with E-state index in [1.807, 2.05) is 0 Å². The van der Waals surface area contributed by atoms with Crippen LogP contribution in [-0.4, -0.2) is 23.9 Å². The molecule has 16 heavy (non-hydrogen) atoms. The molecule has 1 aliphatic rings. The van der Waals surface area contributed by atoms with E-state index >= 15 is 0 Å². The SMILES string of the molecule is CCCCCCC#CC[C@H]1CC[C@@H](CO)O1. The highest BCUT2D eigenvalue weighted by Crippen LogP contribution is 2.21. The first-order chi connectivity index (χ1) is 7.86. The lowest BCUT2D eigenvalue weighted by atomic mass is 10.1. The molecule has 0 amide bonds. The van der Waals surface area contributed by atoms with E-state index in [4.69, 9.17) is 9.84 Å². The Bertz CT molecular complexity index is 227. The summed E-state index contributed by atoms with van der Waals surface area (Å²) in [5.74, 6) is 6.40. The summed E-state index contributed by atoms with van der Waals surface area (Å²) < 4.78 is 5.60. The topological polar surface area (TPSA) is 29.5 Å². The molecule has 0 spiro atoms. The Kier molecular flexibility index (Phi) is 7.29. The maximum Gasteiger partial charge on any atom is 0.0810 e. The Morgan fingerprint density at radius 1 is 1.12 bits per heavy atom. The van der Waals surface area contributed by atoms with Crippen molar-refractivity contribution < 1.29 is 9.84 Å². The maximum atomic E-state index is 8.91. The second-order valence-electron chi connectivity index (χ2n) is 4.51. The molecule has 0 bridgehead atoms. The molecule has 92 valence electrons. The van der Waals surface area contributed by atoms with Gasteiger partial charge >= 0.3 is 0 Å². The molecule has 0 aromatic heterocycles. The van der Waals surface area contributed by atoms with Gasteiger partial charge in [-0.05, 0) is 19.3 Å². The largest absolute Gasteiger partial charge is 0.394 e. The van der Waals surface area contributed by atoms with Gasteiger partial charge in [0.05, 0.1) is 18.8 Å². The standard InChI is InChI=1S/C14H24O2/c1-2-3-4-5-6-7-8-9-13-10-11-14(12-15)16-13/h13-15H,2-6,9-12H2,1H3/t13-,14-/m0/s1. The molecular formula is C14H24O2. The number of ether oxygens (including phenoxy) is 1. The number of aliphatic hydroxyl groups excluding tert-OH is 1. The molecule has 0 aromatic carbocycles. The summed E-state index contributed by atoms with van der Waals surface area (Å²) in [6.07, 6.45) is 9.37. The zero-order valence-electron chi connectivity index (χ0n) is 10.4. The summed E-state index contributed by atoms with van der Waals surface area (Å²) in [6.45, 7) is 2.38. The van der Waals surface area contributed by atoms with E-state index in [1.54, 1.807) is 0 Å². The molecule has 2 nitrogen and oxygen atoms in total. The number of hydrogen-bond donors (Lipinski definition) is 1. The minimum atomic E-state index is 0.0661. The molecule has 1 saturated heterocycles. The Balaban J connectivity index is 2.00. The fraction of sp³-hybridized carbons (Fsp3) is 0.857. The van der Waals surface area contributed by atoms with Crippen molar-refractivity contribution in [2.24, 2.45) is 0 Å². The molecule has 1 aliphatic heterocycles. The Morgan fingerprint density at radius 2 is 1.94 bits per heavy atom. The fourth-order valence-electron chi connectivity index (χ4n) is 1.98. The molecule has 1 rings (SSSR count). The molecule has 0 saturated carbocycles. The fourth-order valence-corrected chi connectivity index (χ4v) is 1.98. The molecule has 1 heterocycles. The predicted octanol–water partition coefficient (Wildman–Crippen LogP) is 2.89. The highest BCUT2D eigenvalue weighted by atomic mass is 16.5. The number of unbranched alkanes of at least 4 members (excludes halogenated alkanes) is 4. The van der Waals surface area contributed by atoms with Crippen molar-refractivity contribution in [1.29, 1.82) is 0 Å². The molecule has 0 radical (unpaired) electrons. The van der Waals surface area contributed by atoms with Crippen molar-refractivity contribution in [2.75, 3.05) is 6.61 Å². The third-order valence-electron chi connectivity index (χ3n) is 3.01. The molecular weight excluding hydrogens is 200 g/mol. The average molecular weight is 224 g/mol. The monoisotopic (exact) mass is 224 g/mol. The van der Waals surface area contributed by atoms with Crippen LogP contribution < -0.4 is 0 Å². The van der Waals surface area contributed by atoms with Crippen LogP contribution in [0, 0.1) is 11.8 Å². The first-order valence-corrected chi connectivity index (χ1v) is 6.58. The van der Waals surface area contributed by atoms with Crippen molar-refractivity contribution in [2.45, 2.75) is 70.5 Å². The van der Waals surface area contributed by atoms with Crippen LogP contribution in [0.25, 0.3) is 0 Å². The van der Waals surface area contributed by atoms with E-state index in [0.717, 1.165) is 25.7 Å². The van der Waals surface area contributed by atoms with Gasteiger partial charge in [0.15, 0.2) is 0 Å². The molecule has 0 aliphatic carbocycles. The highest BCUT2D eigenvalue weighted by Gasteiger charge is 2.23. The van der Waals surface area contributed by atoms with Gasteiger partial charge in [-0.15, -0.1) is 11.8 Å². The lowest BCUT2D eigenvalue weighted by Crippen LogP contribution is -2.13. The summed E-state index contributed by atoms with van der Waals surface area (Å²) in [5.41, 5.74) is 0. The lowest BCUT2D eigenvalue weighted by Gasteiger charge is -2.08. The van der Waals surface area contributed by atoms with Gasteiger partial charge in [0.2, 0.25) is 0 Å². The van der Waals surface area contributed by atoms with Crippen molar-refractivity contribution >= 4 is 0 Å². The summed E-state index contributed by atoms with van der Waals surface area (Å²) in [5, 5.41) is 8.91. The minimum absolute atomic E-state index is 0.0661. The van der Waals surface area contributed by atoms with Gasteiger partial charge in [-0.25, -0.2) is 0 Å². The van der Waals surface area contributed by atoms with Crippen LogP contribution in [-0.2, 0) is 4.74 Å². The van der Waals surface area contributed by atoms with E-state index in [9.17, 15) is 0 Å². The van der Waals surface area contributed by atoms with Crippen LogP contribution in [0.5, 0.6) is 0 Å². The number of rotatable bonds is 6. The van der Waals surface area contributed by atoms with E-state index in [1.165, 1.54) is 25.7 Å². The van der Waals surface area contributed by atoms with E-state index in [0.29, 0.717) is 0 Å². The third-order valence-corrected chi connectivity index (χ3v) is 3.01. The lowest BCUT2D eigenvalue weighted by molar-refractivity contribution is 0.0142. The number of hydrogen-bond acceptors (Lipinski definition) is 2. The molecule has 2 heteroatoms. The Morgan fingerprint density at radius 3 is 2.62 bits per heavy atom. The molecule has 1 N–H and O–H groups in total. The van der Waals surface area contributed by atoms with Gasteiger partial charge in [-0.2, -0.15) is 0 Å². The summed E-state index contributed by atoms with van der Waals surface area (Å²) in [4.78, 5) is 0. The van der Waals surface area contributed by atoms with Gasteiger partial charge in [0, 0.05) is 12.8 Å². The van der Waals surface area contributed by atoms with Crippen molar-refractivity contribution in [3.63, 3.8) is 0 Å². The summed E-state index contributed by atoms with van der Waals surface area (Å²) >= 11 is 0. The van der Waals surface area contributed by atoms with Crippen LogP contribution in [0.3, 0.4) is 0 Å². The van der Waals surface area contributed by atoms with Gasteiger partial charge < -0.3 is 9.84 Å². The zero-order valence-corrected chi connectivity index (χ0v) is 10.4. The second kappa shape index (κ2) is 8.61. The maximum absolute atomic E-state index is 8.91. The Labute approximate surface area is 99.4 Å². The first kappa shape index (κ1) is 13.5. The van der Waals surface area contributed by atoms with Crippen molar-refractivity contribution in [1.82, 2.24) is 0 Å². The van der Waals surface area contributed by atoms with Gasteiger partial charge in [-0.3, -0.25) is 0 Å². The van der Waals surface area contributed by atoms with Crippen LogP contribution in [0.15, 0.2) is 0 Å². The van der Waals surface area contributed by atoms with Crippen molar-refractivity contribution in [3.05, 3.63) is 0 Å². The highest BCUT2D eigenvalue weighted by molar-refractivity contribution is 5.01. The molecule has 2 atom stereocenters. The van der Waals surface area contributed by atoms with Gasteiger partial charge in [0.1, 0.15) is 0 Å².